The van der Waals surface area contributed by atoms with Crippen molar-refractivity contribution in [3.63, 3.8) is 0 Å². The van der Waals surface area contributed by atoms with Gasteiger partial charge in [-0.15, -0.1) is 0 Å². The molecule has 4 rings (SSSR count). The van der Waals surface area contributed by atoms with Crippen LogP contribution in [0.25, 0.3) is 22.2 Å². The fraction of sp³-hybridized carbons (Fsp3) is 0.0909. The van der Waals surface area contributed by atoms with E-state index in [0.717, 1.165) is 28.1 Å². The Bertz CT molecular complexity index is 1270. The number of aromatic nitrogens is 3. The van der Waals surface area contributed by atoms with E-state index < -0.39 is 23.6 Å². The Morgan fingerprint density at radius 1 is 0.968 bits per heavy atom. The average Bonchev–Trinajstić information content (AvgIpc) is 3.29. The van der Waals surface area contributed by atoms with Gasteiger partial charge in [-0.25, -0.2) is 0 Å². The topological polar surface area (TPSA) is 128 Å². The van der Waals surface area contributed by atoms with E-state index in [4.69, 9.17) is 5.73 Å². The van der Waals surface area contributed by atoms with E-state index in [1.54, 1.807) is 24.4 Å². The molecular formula is C22H17N5O3S. The normalized spacial score (nSPS) is 11.7. The zero-order valence-electron chi connectivity index (χ0n) is 16.2. The van der Waals surface area contributed by atoms with Crippen LogP contribution in [-0.4, -0.2) is 37.4 Å². The first-order chi connectivity index (χ1) is 15.0. The lowest BCUT2D eigenvalue weighted by Gasteiger charge is -2.17. The van der Waals surface area contributed by atoms with Crippen molar-refractivity contribution in [2.75, 3.05) is 0 Å². The Balaban J connectivity index is 1.64. The van der Waals surface area contributed by atoms with Crippen molar-refractivity contribution in [3.05, 3.63) is 78.1 Å². The van der Waals surface area contributed by atoms with Crippen LogP contribution in [0.2, 0.25) is 0 Å². The zero-order chi connectivity index (χ0) is 21.8. The van der Waals surface area contributed by atoms with Crippen molar-refractivity contribution >= 4 is 40.1 Å². The molecule has 0 aliphatic rings. The van der Waals surface area contributed by atoms with Gasteiger partial charge in [0.1, 0.15) is 11.7 Å². The van der Waals surface area contributed by atoms with Crippen LogP contribution >= 0.6 is 11.7 Å². The van der Waals surface area contributed by atoms with Gasteiger partial charge in [0.25, 0.3) is 11.8 Å². The van der Waals surface area contributed by atoms with E-state index in [0.29, 0.717) is 11.4 Å². The van der Waals surface area contributed by atoms with Gasteiger partial charge in [0.05, 0.1) is 17.4 Å². The number of primary amides is 1. The molecule has 31 heavy (non-hydrogen) atoms. The molecule has 1 atom stereocenters. The number of ketones is 1. The summed E-state index contributed by atoms with van der Waals surface area (Å²) >= 11 is 0.860. The van der Waals surface area contributed by atoms with Crippen molar-refractivity contribution in [1.29, 1.82) is 0 Å². The van der Waals surface area contributed by atoms with Gasteiger partial charge in [-0.05, 0) is 28.5 Å². The van der Waals surface area contributed by atoms with Crippen molar-refractivity contribution in [2.45, 2.75) is 12.5 Å². The summed E-state index contributed by atoms with van der Waals surface area (Å²) < 4.78 is 8.21. The number of benzene rings is 2. The van der Waals surface area contributed by atoms with Crippen LogP contribution < -0.4 is 11.1 Å². The second-order valence-corrected chi connectivity index (χ2v) is 7.30. The van der Waals surface area contributed by atoms with Crippen molar-refractivity contribution < 1.29 is 14.4 Å². The molecule has 2 amide bonds. The number of nitrogens with one attached hydrogen (secondary N) is 1. The molecule has 0 spiro atoms. The molecule has 3 N–H and O–H groups in total. The van der Waals surface area contributed by atoms with Gasteiger partial charge in [-0.1, -0.05) is 48.5 Å². The Morgan fingerprint density at radius 3 is 2.52 bits per heavy atom. The number of pyridine rings is 1. The second-order valence-electron chi connectivity index (χ2n) is 6.77. The Kier molecular flexibility index (Phi) is 5.76. The highest BCUT2D eigenvalue weighted by molar-refractivity contribution is 6.99. The number of Topliss-reactive ketones (excluding diaryl/α,β-unsaturated/α-hetero) is 1. The van der Waals surface area contributed by atoms with Gasteiger partial charge in [0.15, 0.2) is 5.69 Å². The molecule has 0 fully saturated rings. The minimum atomic E-state index is -1.14. The van der Waals surface area contributed by atoms with Gasteiger partial charge < -0.3 is 11.1 Å². The molecular weight excluding hydrogens is 414 g/mol. The molecule has 2 heterocycles. The lowest BCUT2D eigenvalue weighted by Crippen LogP contribution is -2.47. The average molecular weight is 431 g/mol. The van der Waals surface area contributed by atoms with Crippen LogP contribution in [0.4, 0.5) is 0 Å². The zero-order valence-corrected chi connectivity index (χ0v) is 17.0. The molecule has 8 nitrogen and oxygen atoms in total. The molecule has 0 bridgehead atoms. The Labute approximate surface area is 181 Å². The minimum Gasteiger partial charge on any atom is -0.363 e. The molecule has 2 aromatic carbocycles. The summed E-state index contributed by atoms with van der Waals surface area (Å²) in [6.07, 6.45) is 1.68. The summed E-state index contributed by atoms with van der Waals surface area (Å²) in [4.78, 5) is 41.3. The summed E-state index contributed by atoms with van der Waals surface area (Å²) in [7, 11) is 0. The number of rotatable bonds is 7. The molecule has 154 valence electrons. The molecule has 0 radical (unpaired) electrons. The van der Waals surface area contributed by atoms with E-state index in [1.165, 1.54) is 0 Å². The summed E-state index contributed by atoms with van der Waals surface area (Å²) in [5.41, 5.74) is 6.86. The first kappa shape index (κ1) is 20.3. The van der Waals surface area contributed by atoms with E-state index in [9.17, 15) is 14.4 Å². The highest BCUT2D eigenvalue weighted by Crippen LogP contribution is 2.22. The van der Waals surface area contributed by atoms with Gasteiger partial charge in [0.2, 0.25) is 5.78 Å². The third-order valence-electron chi connectivity index (χ3n) is 4.78. The third kappa shape index (κ3) is 4.31. The van der Waals surface area contributed by atoms with Crippen molar-refractivity contribution in [1.82, 2.24) is 19.0 Å². The largest absolute Gasteiger partial charge is 0.363 e. The van der Waals surface area contributed by atoms with E-state index in [2.05, 4.69) is 19.0 Å². The molecule has 4 aromatic rings. The number of hydrogen-bond donors (Lipinski definition) is 2. The smallest absolute Gasteiger partial charge is 0.287 e. The summed E-state index contributed by atoms with van der Waals surface area (Å²) in [6.45, 7) is 0. The fourth-order valence-corrected chi connectivity index (χ4v) is 3.86. The van der Waals surface area contributed by atoms with E-state index in [-0.39, 0.29) is 12.1 Å². The molecule has 0 saturated heterocycles. The maximum atomic E-state index is 13.0. The quantitative estimate of drug-likeness (QED) is 0.432. The number of nitrogens with zero attached hydrogens (tertiary/aromatic N) is 3. The second kappa shape index (κ2) is 8.80. The number of amides is 2. The standard InChI is InChI=1S/C22H17N5O3S/c23-21(29)20(28)17(12-14-8-5-7-13-6-1-2-9-15(13)14)25-22(30)19-18(26-31-27-19)16-10-3-4-11-24-16/h1-11,17H,12H2,(H2,23,29)(H,25,30). The Hall–Kier alpha value is -3.98. The van der Waals surface area contributed by atoms with Crippen LogP contribution in [0, 0.1) is 0 Å². The van der Waals surface area contributed by atoms with Crippen molar-refractivity contribution in [3.8, 4) is 11.4 Å². The number of fused-ring (bicyclic) bond motifs is 1. The molecule has 2 aromatic heterocycles. The number of hydrogen-bond acceptors (Lipinski definition) is 7. The lowest BCUT2D eigenvalue weighted by molar-refractivity contribution is -0.137. The summed E-state index contributed by atoms with van der Waals surface area (Å²) in [6, 6.07) is 17.4. The molecule has 0 aliphatic heterocycles. The first-order valence-corrected chi connectivity index (χ1v) is 10.1. The maximum Gasteiger partial charge on any atom is 0.287 e. The van der Waals surface area contributed by atoms with Crippen LogP contribution in [0.1, 0.15) is 16.1 Å². The van der Waals surface area contributed by atoms with Crippen LogP contribution in [0.5, 0.6) is 0 Å². The SMILES string of the molecule is NC(=O)C(=O)C(Cc1cccc2ccccc12)NC(=O)c1nsnc1-c1ccccn1. The van der Waals surface area contributed by atoms with E-state index >= 15 is 0 Å². The van der Waals surface area contributed by atoms with Crippen LogP contribution in [0.15, 0.2) is 66.9 Å². The third-order valence-corrected chi connectivity index (χ3v) is 5.31. The minimum absolute atomic E-state index is 0.0314. The van der Waals surface area contributed by atoms with Crippen LogP contribution in [0.3, 0.4) is 0 Å². The molecule has 0 saturated carbocycles. The van der Waals surface area contributed by atoms with Gasteiger partial charge >= 0.3 is 0 Å². The van der Waals surface area contributed by atoms with Gasteiger partial charge in [-0.3, -0.25) is 19.4 Å². The summed E-state index contributed by atoms with van der Waals surface area (Å²) in [5, 5.41) is 4.52. The Morgan fingerprint density at radius 2 is 1.74 bits per heavy atom. The number of carbonyl (C=O) groups is 3. The molecule has 9 heteroatoms. The highest BCUT2D eigenvalue weighted by Gasteiger charge is 2.28. The molecule has 0 aliphatic carbocycles. The first-order valence-electron chi connectivity index (χ1n) is 9.39. The number of nitrogens with two attached hydrogens (primary N) is 1. The van der Waals surface area contributed by atoms with Gasteiger partial charge in [0, 0.05) is 12.6 Å². The van der Waals surface area contributed by atoms with Crippen molar-refractivity contribution in [2.24, 2.45) is 5.73 Å². The summed E-state index contributed by atoms with van der Waals surface area (Å²) in [5.74, 6) is -2.63. The highest BCUT2D eigenvalue weighted by atomic mass is 32.1. The van der Waals surface area contributed by atoms with Gasteiger partial charge in [-0.2, -0.15) is 8.75 Å². The fourth-order valence-electron chi connectivity index (χ4n) is 3.31. The predicted molar refractivity (Wildman–Crippen MR) is 116 cm³/mol. The predicted octanol–water partition coefficient (Wildman–Crippen LogP) is 2.15. The lowest BCUT2D eigenvalue weighted by atomic mass is 9.96. The van der Waals surface area contributed by atoms with Crippen LogP contribution in [-0.2, 0) is 16.0 Å². The number of carbonyl (C=O) groups excluding carboxylic acids is 3. The maximum absolute atomic E-state index is 13.0. The molecule has 1 unspecified atom stereocenters. The van der Waals surface area contributed by atoms with E-state index in [1.807, 2.05) is 42.5 Å². The monoisotopic (exact) mass is 431 g/mol.